The molecule has 2 N–H and O–H groups in total. The summed E-state index contributed by atoms with van der Waals surface area (Å²) in [4.78, 5) is 21.2. The number of carbonyl (C=O) groups is 1. The fourth-order valence-corrected chi connectivity index (χ4v) is 3.84. The highest BCUT2D eigenvalue weighted by Crippen LogP contribution is 2.17. The summed E-state index contributed by atoms with van der Waals surface area (Å²) in [6.07, 6.45) is 4.33. The highest BCUT2D eigenvalue weighted by atomic mass is 16.6. The average molecular weight is 382 g/mol. The molecule has 1 unspecified atom stereocenters. The Hall–Kier alpha value is -1.50. The molecule has 1 atom stereocenters. The average Bonchev–Trinajstić information content (AvgIpc) is 3.03. The highest BCUT2D eigenvalue weighted by Gasteiger charge is 2.28. The van der Waals surface area contributed by atoms with E-state index >= 15 is 0 Å². The van der Waals surface area contributed by atoms with Crippen LogP contribution in [0.3, 0.4) is 0 Å². The molecule has 0 aromatic carbocycles. The van der Waals surface area contributed by atoms with Gasteiger partial charge in [0.25, 0.3) is 0 Å². The van der Waals surface area contributed by atoms with Gasteiger partial charge in [0.05, 0.1) is 6.04 Å². The van der Waals surface area contributed by atoms with Gasteiger partial charge in [-0.05, 0) is 72.0 Å². The fourth-order valence-electron chi connectivity index (χ4n) is 3.84. The number of rotatable bonds is 5. The van der Waals surface area contributed by atoms with Crippen LogP contribution in [0.1, 0.15) is 53.4 Å². The third-order valence-electron chi connectivity index (χ3n) is 5.22. The number of hydrogen-bond acceptors (Lipinski definition) is 4. The number of amides is 1. The maximum Gasteiger partial charge on any atom is 0.407 e. The van der Waals surface area contributed by atoms with E-state index in [0.29, 0.717) is 5.92 Å². The van der Waals surface area contributed by atoms with Gasteiger partial charge in [0.1, 0.15) is 5.60 Å². The van der Waals surface area contributed by atoms with Crippen molar-refractivity contribution in [3.63, 3.8) is 0 Å². The summed E-state index contributed by atoms with van der Waals surface area (Å²) in [5, 5.41) is 6.53. The Kier molecular flexibility index (Phi) is 8.20. The Morgan fingerprint density at radius 1 is 1.19 bits per heavy atom. The predicted octanol–water partition coefficient (Wildman–Crippen LogP) is 2.28. The number of guanidine groups is 1. The van der Waals surface area contributed by atoms with Gasteiger partial charge >= 0.3 is 6.09 Å². The monoisotopic (exact) mass is 381 g/mol. The van der Waals surface area contributed by atoms with Gasteiger partial charge in [-0.2, -0.15) is 0 Å². The number of piperidine rings is 1. The number of likely N-dealkylation sites (tertiary alicyclic amines) is 2. The van der Waals surface area contributed by atoms with Crippen LogP contribution in [0.2, 0.25) is 0 Å². The van der Waals surface area contributed by atoms with Crippen molar-refractivity contribution in [2.45, 2.75) is 65.0 Å². The van der Waals surface area contributed by atoms with E-state index in [1.807, 2.05) is 27.8 Å². The largest absolute Gasteiger partial charge is 0.444 e. The first-order chi connectivity index (χ1) is 12.8. The quantitative estimate of drug-likeness (QED) is 0.565. The number of ether oxygens (including phenoxy) is 1. The molecule has 2 saturated heterocycles. The lowest BCUT2D eigenvalue weighted by Gasteiger charge is -2.32. The van der Waals surface area contributed by atoms with Crippen molar-refractivity contribution in [1.29, 1.82) is 0 Å². The maximum atomic E-state index is 12.0. The van der Waals surface area contributed by atoms with E-state index in [4.69, 9.17) is 4.74 Å². The molecule has 0 spiro atoms. The van der Waals surface area contributed by atoms with E-state index in [1.165, 1.54) is 38.9 Å². The van der Waals surface area contributed by atoms with Crippen molar-refractivity contribution in [3.05, 3.63) is 0 Å². The molecule has 0 bridgehead atoms. The van der Waals surface area contributed by atoms with E-state index in [0.717, 1.165) is 32.0 Å². The number of alkyl carbamates (subject to hydrolysis) is 1. The molecule has 7 nitrogen and oxygen atoms in total. The fraction of sp³-hybridized carbons (Fsp3) is 0.900. The van der Waals surface area contributed by atoms with Crippen molar-refractivity contribution < 1.29 is 9.53 Å². The van der Waals surface area contributed by atoms with Gasteiger partial charge in [-0.25, -0.2) is 4.79 Å². The second-order valence-corrected chi connectivity index (χ2v) is 8.79. The minimum Gasteiger partial charge on any atom is -0.444 e. The molecule has 1 amide bonds. The van der Waals surface area contributed by atoms with Crippen molar-refractivity contribution in [2.24, 2.45) is 10.9 Å². The smallest absolute Gasteiger partial charge is 0.407 e. The minimum atomic E-state index is -0.466. The molecular weight excluding hydrogens is 342 g/mol. The Bertz CT molecular complexity index is 495. The van der Waals surface area contributed by atoms with E-state index in [9.17, 15) is 4.79 Å². The molecule has 2 aliphatic heterocycles. The molecule has 0 aromatic rings. The van der Waals surface area contributed by atoms with Crippen molar-refractivity contribution in [2.75, 3.05) is 46.3 Å². The molecule has 0 saturated carbocycles. The van der Waals surface area contributed by atoms with Crippen LogP contribution in [0.4, 0.5) is 4.79 Å². The number of nitrogens with one attached hydrogen (secondary N) is 2. The topological polar surface area (TPSA) is 69.2 Å². The molecule has 156 valence electrons. The molecule has 2 fully saturated rings. The Morgan fingerprint density at radius 3 is 2.48 bits per heavy atom. The second kappa shape index (κ2) is 10.2. The summed E-state index contributed by atoms with van der Waals surface area (Å²) >= 11 is 0. The molecule has 2 aliphatic rings. The first-order valence-corrected chi connectivity index (χ1v) is 10.5. The Balaban J connectivity index is 1.71. The SMILES string of the molecule is CCCN1CCC(CNC(=NC)N2CCC(NC(=O)OC(C)(C)C)C2)CC1. The summed E-state index contributed by atoms with van der Waals surface area (Å²) in [5.74, 6) is 1.66. The lowest BCUT2D eigenvalue weighted by Crippen LogP contribution is -2.46. The van der Waals surface area contributed by atoms with Gasteiger partial charge < -0.3 is 25.2 Å². The zero-order chi connectivity index (χ0) is 19.9. The summed E-state index contributed by atoms with van der Waals surface area (Å²) in [6.45, 7) is 14.2. The first-order valence-electron chi connectivity index (χ1n) is 10.5. The highest BCUT2D eigenvalue weighted by molar-refractivity contribution is 5.80. The molecule has 0 aliphatic carbocycles. The van der Waals surface area contributed by atoms with Crippen molar-refractivity contribution in [3.8, 4) is 0 Å². The van der Waals surface area contributed by atoms with Crippen LogP contribution in [0.15, 0.2) is 4.99 Å². The zero-order valence-electron chi connectivity index (χ0n) is 17.9. The molecule has 7 heteroatoms. The number of aliphatic imine (C=N–C) groups is 1. The third-order valence-corrected chi connectivity index (χ3v) is 5.22. The number of hydrogen-bond donors (Lipinski definition) is 2. The summed E-state index contributed by atoms with van der Waals surface area (Å²) < 4.78 is 5.36. The van der Waals surface area contributed by atoms with Gasteiger partial charge in [-0.15, -0.1) is 0 Å². The number of carbonyl (C=O) groups excluding carboxylic acids is 1. The lowest BCUT2D eigenvalue weighted by atomic mass is 9.97. The van der Waals surface area contributed by atoms with Crippen molar-refractivity contribution in [1.82, 2.24) is 20.4 Å². The zero-order valence-corrected chi connectivity index (χ0v) is 17.9. The molecule has 27 heavy (non-hydrogen) atoms. The van der Waals surface area contributed by atoms with Gasteiger partial charge in [-0.1, -0.05) is 6.92 Å². The van der Waals surface area contributed by atoms with Crippen LogP contribution in [-0.4, -0.2) is 79.8 Å². The predicted molar refractivity (Wildman–Crippen MR) is 110 cm³/mol. The van der Waals surface area contributed by atoms with Gasteiger partial charge in [-0.3, -0.25) is 4.99 Å². The van der Waals surface area contributed by atoms with E-state index in [1.54, 1.807) is 0 Å². The first kappa shape index (κ1) is 21.8. The van der Waals surface area contributed by atoms with E-state index < -0.39 is 5.60 Å². The van der Waals surface area contributed by atoms with E-state index in [-0.39, 0.29) is 12.1 Å². The summed E-state index contributed by atoms with van der Waals surface area (Å²) in [6, 6.07) is 0.107. The van der Waals surface area contributed by atoms with Gasteiger partial charge in [0, 0.05) is 26.7 Å². The Labute approximate surface area is 164 Å². The number of nitrogens with zero attached hydrogens (tertiary/aromatic N) is 3. The molecule has 2 rings (SSSR count). The maximum absolute atomic E-state index is 12.0. The standard InChI is InChI=1S/C20H39N5O2/c1-6-10-24-11-7-16(8-12-24)14-22-18(21-5)25-13-9-17(15-25)23-19(26)27-20(2,3)4/h16-17H,6-15H2,1-5H3,(H,21,22)(H,23,26). The molecular formula is C20H39N5O2. The molecule has 2 heterocycles. The summed E-state index contributed by atoms with van der Waals surface area (Å²) in [7, 11) is 1.83. The van der Waals surface area contributed by atoms with Crippen LogP contribution in [0, 0.1) is 5.92 Å². The van der Waals surface area contributed by atoms with Gasteiger partial charge in [0.15, 0.2) is 5.96 Å². The third kappa shape index (κ3) is 7.56. The van der Waals surface area contributed by atoms with Crippen LogP contribution in [0.25, 0.3) is 0 Å². The second-order valence-electron chi connectivity index (χ2n) is 8.79. The molecule has 0 radical (unpaired) electrons. The Morgan fingerprint density at radius 2 is 1.89 bits per heavy atom. The van der Waals surface area contributed by atoms with Crippen LogP contribution in [-0.2, 0) is 4.74 Å². The van der Waals surface area contributed by atoms with Crippen LogP contribution < -0.4 is 10.6 Å². The van der Waals surface area contributed by atoms with Crippen LogP contribution >= 0.6 is 0 Å². The normalized spacial score (nSPS) is 22.8. The molecule has 0 aromatic heterocycles. The van der Waals surface area contributed by atoms with E-state index in [2.05, 4.69) is 32.3 Å². The van der Waals surface area contributed by atoms with Crippen molar-refractivity contribution >= 4 is 12.1 Å². The van der Waals surface area contributed by atoms with Crippen LogP contribution in [0.5, 0.6) is 0 Å². The van der Waals surface area contributed by atoms with Gasteiger partial charge in [0.2, 0.25) is 0 Å². The lowest BCUT2D eigenvalue weighted by molar-refractivity contribution is 0.0507. The minimum absolute atomic E-state index is 0.107. The summed E-state index contributed by atoms with van der Waals surface area (Å²) in [5.41, 5.74) is -0.466.